The van der Waals surface area contributed by atoms with Crippen molar-refractivity contribution in [2.24, 2.45) is 0 Å². The highest BCUT2D eigenvalue weighted by atomic mass is 16.6. The van der Waals surface area contributed by atoms with Crippen LogP contribution in [0.15, 0.2) is 60.8 Å². The minimum Gasteiger partial charge on any atom is -0.462 e. The number of carbonyl (C=O) groups excluding carboxylic acids is 3. The Kier molecular flexibility index (Phi) is 47.4. The normalized spacial score (nSPS) is 12.5. The van der Waals surface area contributed by atoms with Gasteiger partial charge in [-0.2, -0.15) is 0 Å². The molecule has 0 aromatic rings. The molecule has 1 atom stereocenters. The van der Waals surface area contributed by atoms with Crippen LogP contribution < -0.4 is 0 Å². The molecule has 0 fully saturated rings. The van der Waals surface area contributed by atoms with Gasteiger partial charge in [-0.05, 0) is 103 Å². The maximum atomic E-state index is 12.8. The molecule has 0 rings (SSSR count). The summed E-state index contributed by atoms with van der Waals surface area (Å²) in [5, 5.41) is 0. The molecule has 0 saturated heterocycles. The quantitative estimate of drug-likeness (QED) is 0.0263. The third kappa shape index (κ3) is 48.0. The first kappa shape index (κ1) is 58.1. The number of unbranched alkanes of at least 4 members (excludes halogenated alkanes) is 25. The van der Waals surface area contributed by atoms with Gasteiger partial charge in [0.1, 0.15) is 13.2 Å². The minimum absolute atomic E-state index is 0.0859. The zero-order valence-electron chi connectivity index (χ0n) is 40.2. The zero-order valence-corrected chi connectivity index (χ0v) is 40.2. The van der Waals surface area contributed by atoms with Crippen LogP contribution in [0.25, 0.3) is 0 Å². The van der Waals surface area contributed by atoms with Crippen LogP contribution in [0.3, 0.4) is 0 Å². The molecule has 0 aliphatic rings. The Morgan fingerprint density at radius 1 is 0.344 bits per heavy atom. The second kappa shape index (κ2) is 49.8. The van der Waals surface area contributed by atoms with Gasteiger partial charge in [0, 0.05) is 19.3 Å². The van der Waals surface area contributed by atoms with Gasteiger partial charge in [-0.15, -0.1) is 0 Å². The SMILES string of the molecule is CC/C=C\C/C=C\C/C=C\CCCCCCCC(=O)O[C@@H](COC(=O)CCCCCCC/C=C\CCCCCC)COC(=O)CCCCCCCCC/C=C\CCCCCC. The standard InChI is InChI=1S/C55H96O6/c1-4-7-10-13-16-19-22-25-27-30-33-36-39-42-45-48-54(57)60-51-52(50-59-53(56)47-44-41-38-35-32-29-24-21-18-15-12-9-6-3)61-55(58)49-46-43-40-37-34-31-28-26-23-20-17-14-11-8-5-2/h8,11,17,19-22,24,26,28,52H,4-7,9-10,12-16,18,23,25,27,29-51H2,1-3H3/b11-8-,20-17-,22-19-,24-21-,28-26-/t52-/m0/s1. The Bertz CT molecular complexity index is 1120. The van der Waals surface area contributed by atoms with Crippen LogP contribution in [0.5, 0.6) is 0 Å². The van der Waals surface area contributed by atoms with Gasteiger partial charge in [-0.1, -0.05) is 191 Å². The average molecular weight is 853 g/mol. The van der Waals surface area contributed by atoms with Crippen molar-refractivity contribution in [2.75, 3.05) is 13.2 Å². The van der Waals surface area contributed by atoms with Crippen molar-refractivity contribution in [3.63, 3.8) is 0 Å². The van der Waals surface area contributed by atoms with Crippen molar-refractivity contribution in [1.29, 1.82) is 0 Å². The maximum Gasteiger partial charge on any atom is 0.306 e. The van der Waals surface area contributed by atoms with Crippen molar-refractivity contribution in [2.45, 2.75) is 258 Å². The van der Waals surface area contributed by atoms with Crippen molar-refractivity contribution in [3.05, 3.63) is 60.8 Å². The molecule has 6 nitrogen and oxygen atoms in total. The number of hydrogen-bond donors (Lipinski definition) is 0. The van der Waals surface area contributed by atoms with E-state index in [-0.39, 0.29) is 31.1 Å². The number of ether oxygens (including phenoxy) is 3. The van der Waals surface area contributed by atoms with Crippen LogP contribution in [0, 0.1) is 0 Å². The summed E-state index contributed by atoms with van der Waals surface area (Å²) in [6.45, 7) is 6.48. The van der Waals surface area contributed by atoms with Gasteiger partial charge in [0.2, 0.25) is 0 Å². The van der Waals surface area contributed by atoms with Gasteiger partial charge < -0.3 is 14.2 Å². The molecule has 0 unspecified atom stereocenters. The largest absolute Gasteiger partial charge is 0.462 e. The molecule has 0 aliphatic heterocycles. The summed E-state index contributed by atoms with van der Waals surface area (Å²) in [6, 6.07) is 0. The van der Waals surface area contributed by atoms with Crippen LogP contribution in [0.1, 0.15) is 252 Å². The number of hydrogen-bond acceptors (Lipinski definition) is 6. The second-order valence-corrected chi connectivity index (χ2v) is 17.0. The molecule has 0 N–H and O–H groups in total. The van der Waals surface area contributed by atoms with E-state index in [4.69, 9.17) is 14.2 Å². The highest BCUT2D eigenvalue weighted by Crippen LogP contribution is 2.14. The Morgan fingerprint density at radius 2 is 0.639 bits per heavy atom. The van der Waals surface area contributed by atoms with Gasteiger partial charge in [-0.25, -0.2) is 0 Å². The summed E-state index contributed by atoms with van der Waals surface area (Å²) in [4.78, 5) is 38.0. The molecule has 0 aromatic heterocycles. The van der Waals surface area contributed by atoms with E-state index in [0.29, 0.717) is 19.3 Å². The fourth-order valence-electron chi connectivity index (χ4n) is 7.09. The van der Waals surface area contributed by atoms with Crippen LogP contribution in [-0.4, -0.2) is 37.2 Å². The molecule has 0 heterocycles. The first-order chi connectivity index (χ1) is 30.0. The number of carbonyl (C=O) groups is 3. The molecule has 0 radical (unpaired) electrons. The average Bonchev–Trinajstić information content (AvgIpc) is 3.26. The molecule has 61 heavy (non-hydrogen) atoms. The Morgan fingerprint density at radius 3 is 1.02 bits per heavy atom. The number of esters is 3. The van der Waals surface area contributed by atoms with E-state index in [9.17, 15) is 14.4 Å². The van der Waals surface area contributed by atoms with Gasteiger partial charge in [-0.3, -0.25) is 14.4 Å². The molecule has 0 aromatic carbocycles. The lowest BCUT2D eigenvalue weighted by Crippen LogP contribution is -2.30. The van der Waals surface area contributed by atoms with E-state index in [1.165, 1.54) is 109 Å². The third-order valence-electron chi connectivity index (χ3n) is 11.0. The Balaban J connectivity index is 4.42. The molecular formula is C55H96O6. The van der Waals surface area contributed by atoms with Crippen molar-refractivity contribution >= 4 is 17.9 Å². The minimum atomic E-state index is -0.787. The predicted molar refractivity (Wildman–Crippen MR) is 261 cm³/mol. The lowest BCUT2D eigenvalue weighted by molar-refractivity contribution is -0.167. The van der Waals surface area contributed by atoms with Gasteiger partial charge >= 0.3 is 17.9 Å². The molecule has 0 aliphatic carbocycles. The van der Waals surface area contributed by atoms with Crippen LogP contribution in [0.2, 0.25) is 0 Å². The highest BCUT2D eigenvalue weighted by Gasteiger charge is 2.19. The topological polar surface area (TPSA) is 78.9 Å². The summed E-state index contributed by atoms with van der Waals surface area (Å²) in [7, 11) is 0. The molecule has 0 bridgehead atoms. The first-order valence-corrected chi connectivity index (χ1v) is 25.8. The monoisotopic (exact) mass is 853 g/mol. The third-order valence-corrected chi connectivity index (χ3v) is 11.0. The maximum absolute atomic E-state index is 12.8. The summed E-state index contributed by atoms with van der Waals surface area (Å²) in [5.41, 5.74) is 0. The van der Waals surface area contributed by atoms with Crippen molar-refractivity contribution in [3.8, 4) is 0 Å². The lowest BCUT2D eigenvalue weighted by Gasteiger charge is -2.18. The van der Waals surface area contributed by atoms with Crippen molar-refractivity contribution in [1.82, 2.24) is 0 Å². The summed E-state index contributed by atoms with van der Waals surface area (Å²) >= 11 is 0. The molecule has 352 valence electrons. The Hall–Kier alpha value is -2.89. The van der Waals surface area contributed by atoms with Crippen LogP contribution in [0.4, 0.5) is 0 Å². The molecular weight excluding hydrogens is 757 g/mol. The van der Waals surface area contributed by atoms with Gasteiger partial charge in [0.05, 0.1) is 0 Å². The predicted octanol–water partition coefficient (Wildman–Crippen LogP) is 16.9. The summed E-state index contributed by atoms with van der Waals surface area (Å²) in [6.07, 6.45) is 60.5. The Labute approximate surface area is 377 Å². The van der Waals surface area contributed by atoms with E-state index in [1.54, 1.807) is 0 Å². The zero-order chi connectivity index (χ0) is 44.4. The number of allylic oxidation sites excluding steroid dienone is 10. The first-order valence-electron chi connectivity index (χ1n) is 25.8. The smallest absolute Gasteiger partial charge is 0.306 e. The van der Waals surface area contributed by atoms with E-state index < -0.39 is 6.10 Å². The summed E-state index contributed by atoms with van der Waals surface area (Å²) in [5.74, 6) is -0.913. The molecule has 0 saturated carbocycles. The molecule has 0 amide bonds. The molecule has 0 spiro atoms. The highest BCUT2D eigenvalue weighted by molar-refractivity contribution is 5.71. The van der Waals surface area contributed by atoms with Gasteiger partial charge in [0.25, 0.3) is 0 Å². The van der Waals surface area contributed by atoms with Crippen molar-refractivity contribution < 1.29 is 28.6 Å². The van der Waals surface area contributed by atoms with E-state index >= 15 is 0 Å². The fraction of sp³-hybridized carbons (Fsp3) is 0.764. The second-order valence-electron chi connectivity index (χ2n) is 17.0. The van der Waals surface area contributed by atoms with E-state index in [2.05, 4.69) is 81.5 Å². The van der Waals surface area contributed by atoms with Gasteiger partial charge in [0.15, 0.2) is 6.10 Å². The lowest BCUT2D eigenvalue weighted by atomic mass is 10.1. The van der Waals surface area contributed by atoms with E-state index in [0.717, 1.165) is 103 Å². The fourth-order valence-corrected chi connectivity index (χ4v) is 7.09. The summed E-state index contributed by atoms with van der Waals surface area (Å²) < 4.78 is 16.8. The number of rotatable bonds is 46. The van der Waals surface area contributed by atoms with Crippen LogP contribution in [-0.2, 0) is 28.6 Å². The van der Waals surface area contributed by atoms with E-state index in [1.807, 2.05) is 0 Å². The van der Waals surface area contributed by atoms with Crippen LogP contribution >= 0.6 is 0 Å². The molecule has 6 heteroatoms.